The van der Waals surface area contributed by atoms with Crippen molar-refractivity contribution < 1.29 is 19.0 Å². The highest BCUT2D eigenvalue weighted by Gasteiger charge is 2.08. The summed E-state index contributed by atoms with van der Waals surface area (Å²) in [6.45, 7) is 4.95. The molecule has 0 fully saturated rings. The van der Waals surface area contributed by atoms with Gasteiger partial charge >= 0.3 is 0 Å². The molecular formula is C25H27NO4. The lowest BCUT2D eigenvalue weighted by molar-refractivity contribution is 0.102. The summed E-state index contributed by atoms with van der Waals surface area (Å²) in [6, 6.07) is 24.0. The first-order valence-electron chi connectivity index (χ1n) is 10.1. The molecule has 0 heterocycles. The van der Waals surface area contributed by atoms with Crippen molar-refractivity contribution >= 4 is 11.6 Å². The molecule has 0 saturated heterocycles. The van der Waals surface area contributed by atoms with Crippen LogP contribution < -0.4 is 19.5 Å². The molecule has 3 aromatic rings. The van der Waals surface area contributed by atoms with Gasteiger partial charge in [0.1, 0.15) is 30.5 Å². The Kier molecular flexibility index (Phi) is 7.72. The minimum Gasteiger partial charge on any atom is -0.491 e. The van der Waals surface area contributed by atoms with E-state index in [9.17, 15) is 4.79 Å². The second-order valence-corrected chi connectivity index (χ2v) is 6.85. The molecule has 1 amide bonds. The van der Waals surface area contributed by atoms with Gasteiger partial charge in [-0.15, -0.1) is 0 Å². The van der Waals surface area contributed by atoms with E-state index in [4.69, 9.17) is 14.2 Å². The molecular weight excluding hydrogens is 378 g/mol. The zero-order valence-corrected chi connectivity index (χ0v) is 17.3. The van der Waals surface area contributed by atoms with Crippen LogP contribution in [0.3, 0.4) is 0 Å². The van der Waals surface area contributed by atoms with Gasteiger partial charge in [0.05, 0.1) is 6.10 Å². The molecule has 0 radical (unpaired) electrons. The predicted octanol–water partition coefficient (Wildman–Crippen LogP) is 5.57. The second kappa shape index (κ2) is 10.9. The highest BCUT2D eigenvalue weighted by Crippen LogP contribution is 2.20. The van der Waals surface area contributed by atoms with Crippen LogP contribution in [0.4, 0.5) is 5.69 Å². The van der Waals surface area contributed by atoms with Crippen molar-refractivity contribution in [3.05, 3.63) is 84.4 Å². The van der Waals surface area contributed by atoms with Gasteiger partial charge in [-0.2, -0.15) is 0 Å². The van der Waals surface area contributed by atoms with E-state index in [1.165, 1.54) is 0 Å². The van der Waals surface area contributed by atoms with Crippen LogP contribution in [0.1, 0.15) is 30.6 Å². The molecule has 0 aliphatic heterocycles. The standard InChI is InChI=1S/C25H27NO4/c1-3-19(2)30-24-11-7-8-21(18-24)26-25(27)20-12-14-23(15-13-20)29-17-16-28-22-9-5-4-6-10-22/h4-15,18-19H,3,16-17H2,1-2H3,(H,26,27). The molecule has 0 saturated carbocycles. The van der Waals surface area contributed by atoms with Gasteiger partial charge in [-0.25, -0.2) is 0 Å². The first-order chi connectivity index (χ1) is 14.6. The summed E-state index contributed by atoms with van der Waals surface area (Å²) in [6.07, 6.45) is 1.05. The van der Waals surface area contributed by atoms with Crippen LogP contribution in [0.25, 0.3) is 0 Å². The summed E-state index contributed by atoms with van der Waals surface area (Å²) in [5, 5.41) is 2.90. The Hall–Kier alpha value is -3.47. The maximum Gasteiger partial charge on any atom is 0.255 e. The topological polar surface area (TPSA) is 56.8 Å². The van der Waals surface area contributed by atoms with E-state index in [1.54, 1.807) is 24.3 Å². The van der Waals surface area contributed by atoms with E-state index < -0.39 is 0 Å². The van der Waals surface area contributed by atoms with E-state index in [-0.39, 0.29) is 12.0 Å². The fraction of sp³-hybridized carbons (Fsp3) is 0.240. The van der Waals surface area contributed by atoms with Gasteiger partial charge in [-0.1, -0.05) is 31.2 Å². The number of amides is 1. The molecule has 0 aliphatic carbocycles. The normalized spacial score (nSPS) is 11.4. The zero-order chi connectivity index (χ0) is 21.2. The van der Waals surface area contributed by atoms with Crippen molar-refractivity contribution in [2.24, 2.45) is 0 Å². The molecule has 0 bridgehead atoms. The van der Waals surface area contributed by atoms with E-state index in [2.05, 4.69) is 12.2 Å². The highest BCUT2D eigenvalue weighted by atomic mass is 16.5. The average Bonchev–Trinajstić information content (AvgIpc) is 2.78. The average molecular weight is 405 g/mol. The van der Waals surface area contributed by atoms with Gasteiger partial charge in [0.2, 0.25) is 0 Å². The Balaban J connectivity index is 1.48. The third-order valence-corrected chi connectivity index (χ3v) is 4.48. The predicted molar refractivity (Wildman–Crippen MR) is 119 cm³/mol. The van der Waals surface area contributed by atoms with Crippen LogP contribution >= 0.6 is 0 Å². The van der Waals surface area contributed by atoms with E-state index >= 15 is 0 Å². The van der Waals surface area contributed by atoms with Crippen molar-refractivity contribution in [2.75, 3.05) is 18.5 Å². The number of nitrogens with one attached hydrogen (secondary N) is 1. The summed E-state index contributed by atoms with van der Waals surface area (Å²) in [5.41, 5.74) is 1.25. The Labute approximate surface area is 177 Å². The number of carbonyl (C=O) groups is 1. The van der Waals surface area contributed by atoms with Crippen LogP contribution in [-0.2, 0) is 0 Å². The smallest absolute Gasteiger partial charge is 0.255 e. The first-order valence-corrected chi connectivity index (χ1v) is 10.1. The SMILES string of the molecule is CCC(C)Oc1cccc(NC(=O)c2ccc(OCCOc3ccccc3)cc2)c1. The van der Waals surface area contributed by atoms with Crippen molar-refractivity contribution in [2.45, 2.75) is 26.4 Å². The van der Waals surface area contributed by atoms with Gasteiger partial charge in [0, 0.05) is 17.3 Å². The van der Waals surface area contributed by atoms with Crippen molar-refractivity contribution in [3.8, 4) is 17.2 Å². The quantitative estimate of drug-likeness (QED) is 0.448. The molecule has 0 aliphatic rings. The summed E-state index contributed by atoms with van der Waals surface area (Å²) in [7, 11) is 0. The molecule has 5 nitrogen and oxygen atoms in total. The maximum absolute atomic E-state index is 12.5. The Morgan fingerprint density at radius 1 is 0.833 bits per heavy atom. The molecule has 1 unspecified atom stereocenters. The Morgan fingerprint density at radius 3 is 2.13 bits per heavy atom. The molecule has 0 aromatic heterocycles. The summed E-state index contributed by atoms with van der Waals surface area (Å²) >= 11 is 0. The molecule has 3 rings (SSSR count). The minimum absolute atomic E-state index is 0.126. The summed E-state index contributed by atoms with van der Waals surface area (Å²) in [4.78, 5) is 12.5. The summed E-state index contributed by atoms with van der Waals surface area (Å²) < 4.78 is 17.1. The van der Waals surface area contributed by atoms with Crippen LogP contribution in [0, 0.1) is 0 Å². The second-order valence-electron chi connectivity index (χ2n) is 6.85. The van der Waals surface area contributed by atoms with Crippen LogP contribution in [-0.4, -0.2) is 25.2 Å². The van der Waals surface area contributed by atoms with E-state index in [0.717, 1.165) is 17.9 Å². The maximum atomic E-state index is 12.5. The molecule has 3 aromatic carbocycles. The third kappa shape index (κ3) is 6.55. The lowest BCUT2D eigenvalue weighted by Gasteiger charge is -2.14. The molecule has 1 N–H and O–H groups in total. The fourth-order valence-corrected chi connectivity index (χ4v) is 2.70. The van der Waals surface area contributed by atoms with Gasteiger partial charge < -0.3 is 19.5 Å². The number of rotatable bonds is 10. The van der Waals surface area contributed by atoms with Gasteiger partial charge in [0.15, 0.2) is 0 Å². The first kappa shape index (κ1) is 21.2. The van der Waals surface area contributed by atoms with Crippen LogP contribution in [0.15, 0.2) is 78.9 Å². The summed E-state index contributed by atoms with van der Waals surface area (Å²) in [5.74, 6) is 2.05. The number of ether oxygens (including phenoxy) is 3. The Morgan fingerprint density at radius 2 is 1.47 bits per heavy atom. The zero-order valence-electron chi connectivity index (χ0n) is 17.3. The Bertz CT molecular complexity index is 925. The number of benzene rings is 3. The minimum atomic E-state index is -0.186. The molecule has 30 heavy (non-hydrogen) atoms. The van der Waals surface area contributed by atoms with Gasteiger partial charge in [0.25, 0.3) is 5.91 Å². The number of hydrogen-bond acceptors (Lipinski definition) is 4. The molecule has 5 heteroatoms. The number of carbonyl (C=O) groups excluding carboxylic acids is 1. The van der Waals surface area contributed by atoms with Crippen molar-refractivity contribution in [1.82, 2.24) is 0 Å². The van der Waals surface area contributed by atoms with Crippen LogP contribution in [0.5, 0.6) is 17.2 Å². The largest absolute Gasteiger partial charge is 0.491 e. The van der Waals surface area contributed by atoms with Crippen molar-refractivity contribution in [3.63, 3.8) is 0 Å². The van der Waals surface area contributed by atoms with E-state index in [1.807, 2.05) is 61.5 Å². The third-order valence-electron chi connectivity index (χ3n) is 4.48. The lowest BCUT2D eigenvalue weighted by atomic mass is 10.2. The van der Waals surface area contributed by atoms with Gasteiger partial charge in [-0.05, 0) is 61.9 Å². The lowest BCUT2D eigenvalue weighted by Crippen LogP contribution is -2.13. The molecule has 156 valence electrons. The van der Waals surface area contributed by atoms with E-state index in [0.29, 0.717) is 30.2 Å². The molecule has 0 spiro atoms. The number of anilines is 1. The number of para-hydroxylation sites is 1. The highest BCUT2D eigenvalue weighted by molar-refractivity contribution is 6.04. The van der Waals surface area contributed by atoms with Crippen molar-refractivity contribution in [1.29, 1.82) is 0 Å². The molecule has 1 atom stereocenters. The monoisotopic (exact) mass is 405 g/mol. The van der Waals surface area contributed by atoms with Crippen LogP contribution in [0.2, 0.25) is 0 Å². The number of hydrogen-bond donors (Lipinski definition) is 1. The van der Waals surface area contributed by atoms with Gasteiger partial charge in [-0.3, -0.25) is 4.79 Å². The fourth-order valence-electron chi connectivity index (χ4n) is 2.70.